The highest BCUT2D eigenvalue weighted by molar-refractivity contribution is 7.24. The molecule has 0 aliphatic carbocycles. The molecule has 0 saturated carbocycles. The standard InChI is InChI=1S/C18H17ClN4O2S2/c1-9(11-3-5-12(6-4-11)23-18(20)25)21-16(24)15-10(2)22-17(27-15)13-7-8-14(19)26-13/h3-9H,1-2H3,(H,21,24)(H3,20,23,25). The van der Waals surface area contributed by atoms with Crippen LogP contribution in [0.15, 0.2) is 36.4 Å². The molecule has 6 nitrogen and oxygen atoms in total. The molecule has 1 atom stereocenters. The van der Waals surface area contributed by atoms with Crippen molar-refractivity contribution in [2.45, 2.75) is 19.9 Å². The molecular weight excluding hydrogens is 404 g/mol. The molecule has 0 aliphatic rings. The Bertz CT molecular complexity index is 982. The largest absolute Gasteiger partial charge is 0.351 e. The fourth-order valence-corrected chi connectivity index (χ4v) is 4.55. The lowest BCUT2D eigenvalue weighted by molar-refractivity contribution is 0.0943. The molecule has 0 fully saturated rings. The highest BCUT2D eigenvalue weighted by atomic mass is 35.5. The van der Waals surface area contributed by atoms with Crippen LogP contribution in [-0.2, 0) is 0 Å². The van der Waals surface area contributed by atoms with Crippen molar-refractivity contribution in [3.63, 3.8) is 0 Å². The first-order valence-corrected chi connectivity index (χ1v) is 10.0. The number of urea groups is 1. The predicted octanol–water partition coefficient (Wildman–Crippen LogP) is 4.82. The van der Waals surface area contributed by atoms with E-state index in [-0.39, 0.29) is 11.9 Å². The van der Waals surface area contributed by atoms with Gasteiger partial charge in [-0.25, -0.2) is 9.78 Å². The first-order valence-electron chi connectivity index (χ1n) is 8.04. The third-order valence-electron chi connectivity index (χ3n) is 3.81. The molecule has 4 N–H and O–H groups in total. The second kappa shape index (κ2) is 8.08. The van der Waals surface area contributed by atoms with E-state index in [4.69, 9.17) is 17.3 Å². The van der Waals surface area contributed by atoms with Crippen molar-refractivity contribution in [2.24, 2.45) is 5.73 Å². The average Bonchev–Trinajstić information content (AvgIpc) is 3.20. The van der Waals surface area contributed by atoms with Gasteiger partial charge in [0.05, 0.1) is 20.9 Å². The number of thiazole rings is 1. The number of aromatic nitrogens is 1. The lowest BCUT2D eigenvalue weighted by Gasteiger charge is -2.14. The zero-order valence-corrected chi connectivity index (χ0v) is 17.0. The molecule has 2 heterocycles. The van der Waals surface area contributed by atoms with E-state index in [0.29, 0.717) is 20.6 Å². The highest BCUT2D eigenvalue weighted by Crippen LogP contribution is 2.35. The number of carbonyl (C=O) groups excluding carboxylic acids is 2. The zero-order valence-electron chi connectivity index (χ0n) is 14.6. The highest BCUT2D eigenvalue weighted by Gasteiger charge is 2.19. The van der Waals surface area contributed by atoms with E-state index in [9.17, 15) is 9.59 Å². The number of benzene rings is 1. The van der Waals surface area contributed by atoms with E-state index < -0.39 is 6.03 Å². The summed E-state index contributed by atoms with van der Waals surface area (Å²) in [5, 5.41) is 6.26. The van der Waals surface area contributed by atoms with E-state index in [1.165, 1.54) is 22.7 Å². The van der Waals surface area contributed by atoms with Crippen LogP contribution in [0.5, 0.6) is 0 Å². The summed E-state index contributed by atoms with van der Waals surface area (Å²) in [6.45, 7) is 3.71. The fraction of sp³-hybridized carbons (Fsp3) is 0.167. The topological polar surface area (TPSA) is 97.1 Å². The Kier molecular flexibility index (Phi) is 5.79. The second-order valence-corrected chi connectivity index (χ2v) is 8.56. The summed E-state index contributed by atoms with van der Waals surface area (Å²) >= 11 is 8.76. The number of rotatable bonds is 5. The first kappa shape index (κ1) is 19.3. The van der Waals surface area contributed by atoms with Crippen molar-refractivity contribution in [3.05, 3.63) is 56.9 Å². The first-order chi connectivity index (χ1) is 12.8. The van der Waals surface area contributed by atoms with Crippen LogP contribution in [0, 0.1) is 6.92 Å². The maximum Gasteiger partial charge on any atom is 0.316 e. The number of amides is 3. The van der Waals surface area contributed by atoms with E-state index in [2.05, 4.69) is 15.6 Å². The molecule has 3 rings (SSSR count). The lowest BCUT2D eigenvalue weighted by atomic mass is 10.1. The van der Waals surface area contributed by atoms with Crippen molar-refractivity contribution in [2.75, 3.05) is 5.32 Å². The van der Waals surface area contributed by atoms with Crippen molar-refractivity contribution < 1.29 is 9.59 Å². The summed E-state index contributed by atoms with van der Waals surface area (Å²) < 4.78 is 0.687. The number of carbonyl (C=O) groups is 2. The summed E-state index contributed by atoms with van der Waals surface area (Å²) in [4.78, 5) is 29.6. The second-order valence-electron chi connectivity index (χ2n) is 5.84. The van der Waals surface area contributed by atoms with Gasteiger partial charge in [0.15, 0.2) is 0 Å². The number of hydrogen-bond acceptors (Lipinski definition) is 5. The van der Waals surface area contributed by atoms with Crippen molar-refractivity contribution in [1.82, 2.24) is 10.3 Å². The number of thiophene rings is 1. The number of nitrogens with one attached hydrogen (secondary N) is 2. The number of hydrogen-bond donors (Lipinski definition) is 3. The number of nitrogens with two attached hydrogens (primary N) is 1. The maximum absolute atomic E-state index is 12.7. The van der Waals surface area contributed by atoms with Gasteiger partial charge < -0.3 is 16.4 Å². The van der Waals surface area contributed by atoms with Gasteiger partial charge >= 0.3 is 6.03 Å². The lowest BCUT2D eigenvalue weighted by Crippen LogP contribution is -2.26. The Labute approximate surface area is 169 Å². The number of nitrogens with zero attached hydrogens (tertiary/aromatic N) is 1. The van der Waals surface area contributed by atoms with Gasteiger partial charge in [0.25, 0.3) is 5.91 Å². The molecule has 0 aliphatic heterocycles. The molecule has 140 valence electrons. The fourth-order valence-electron chi connectivity index (χ4n) is 2.48. The minimum Gasteiger partial charge on any atom is -0.351 e. The van der Waals surface area contributed by atoms with E-state index >= 15 is 0 Å². The van der Waals surface area contributed by atoms with Crippen molar-refractivity contribution in [3.8, 4) is 9.88 Å². The molecule has 3 amide bonds. The Hall–Kier alpha value is -2.42. The molecular formula is C18H17ClN4O2S2. The van der Waals surface area contributed by atoms with Crippen LogP contribution in [0.1, 0.15) is 33.9 Å². The summed E-state index contributed by atoms with van der Waals surface area (Å²) in [5.74, 6) is -0.175. The molecule has 0 radical (unpaired) electrons. The van der Waals surface area contributed by atoms with Crippen molar-refractivity contribution >= 4 is 51.9 Å². The molecule has 0 spiro atoms. The Morgan fingerprint density at radius 2 is 1.85 bits per heavy atom. The minimum atomic E-state index is -0.618. The monoisotopic (exact) mass is 420 g/mol. The van der Waals surface area contributed by atoms with E-state index in [1.54, 1.807) is 12.1 Å². The third-order valence-corrected chi connectivity index (χ3v) is 6.37. The summed E-state index contributed by atoms with van der Waals surface area (Å²) in [6, 6.07) is 10.0. The number of anilines is 1. The summed E-state index contributed by atoms with van der Waals surface area (Å²) in [7, 11) is 0. The molecule has 1 aromatic carbocycles. The number of primary amides is 1. The van der Waals surface area contributed by atoms with Crippen LogP contribution in [0.25, 0.3) is 9.88 Å². The molecule has 3 aromatic rings. The van der Waals surface area contributed by atoms with Crippen molar-refractivity contribution in [1.29, 1.82) is 0 Å². The predicted molar refractivity (Wildman–Crippen MR) is 111 cm³/mol. The Morgan fingerprint density at radius 1 is 1.15 bits per heavy atom. The van der Waals surface area contributed by atoms with Gasteiger partial charge in [-0.15, -0.1) is 22.7 Å². The van der Waals surface area contributed by atoms with Crippen LogP contribution in [0.4, 0.5) is 10.5 Å². The number of halogens is 1. The van der Waals surface area contributed by atoms with Gasteiger partial charge in [0.1, 0.15) is 9.88 Å². The smallest absolute Gasteiger partial charge is 0.316 e. The Morgan fingerprint density at radius 3 is 2.44 bits per heavy atom. The summed E-state index contributed by atoms with van der Waals surface area (Å²) in [6.07, 6.45) is 0. The zero-order chi connectivity index (χ0) is 19.6. The van der Waals surface area contributed by atoms with E-state index in [0.717, 1.165) is 15.4 Å². The summed E-state index contributed by atoms with van der Waals surface area (Å²) in [5.41, 5.74) is 7.29. The van der Waals surface area contributed by atoms with E-state index in [1.807, 2.05) is 38.1 Å². The van der Waals surface area contributed by atoms with Gasteiger partial charge in [-0.05, 0) is 43.7 Å². The van der Waals surface area contributed by atoms with Crippen LogP contribution < -0.4 is 16.4 Å². The number of aryl methyl sites for hydroxylation is 1. The maximum atomic E-state index is 12.7. The quantitative estimate of drug-likeness (QED) is 0.552. The molecule has 1 unspecified atom stereocenters. The van der Waals surface area contributed by atoms with Crippen LogP contribution in [0.2, 0.25) is 4.34 Å². The molecule has 0 saturated heterocycles. The van der Waals surface area contributed by atoms with Crippen LogP contribution in [-0.4, -0.2) is 16.9 Å². The van der Waals surface area contributed by atoms with Crippen LogP contribution >= 0.6 is 34.3 Å². The normalized spacial score (nSPS) is 11.8. The van der Waals surface area contributed by atoms with Gasteiger partial charge in [0, 0.05) is 5.69 Å². The average molecular weight is 421 g/mol. The minimum absolute atomic E-state index is 0.175. The van der Waals surface area contributed by atoms with Gasteiger partial charge in [-0.2, -0.15) is 0 Å². The van der Waals surface area contributed by atoms with Gasteiger partial charge in [-0.3, -0.25) is 4.79 Å². The molecule has 0 bridgehead atoms. The Balaban J connectivity index is 1.71. The molecule has 2 aromatic heterocycles. The van der Waals surface area contributed by atoms with Gasteiger partial charge in [0.2, 0.25) is 0 Å². The van der Waals surface area contributed by atoms with Crippen LogP contribution in [0.3, 0.4) is 0 Å². The SMILES string of the molecule is Cc1nc(-c2ccc(Cl)s2)sc1C(=O)NC(C)c1ccc(NC(N)=O)cc1. The molecule has 9 heteroatoms. The molecule has 27 heavy (non-hydrogen) atoms. The van der Waals surface area contributed by atoms with Gasteiger partial charge in [-0.1, -0.05) is 23.7 Å². The third kappa shape index (κ3) is 4.65.